The van der Waals surface area contributed by atoms with E-state index < -0.39 is 10.6 Å². The Balaban J connectivity index is 2.12. The van der Waals surface area contributed by atoms with E-state index in [9.17, 15) is 8.78 Å². The second-order valence-corrected chi connectivity index (χ2v) is 7.51. The maximum absolute atomic E-state index is 12.8. The Kier molecular flexibility index (Phi) is 11.0. The van der Waals surface area contributed by atoms with Gasteiger partial charge < -0.3 is 4.74 Å². The summed E-state index contributed by atoms with van der Waals surface area (Å²) in [4.78, 5) is 0. The molecule has 2 aromatic rings. The molecule has 2 unspecified atom stereocenters. The van der Waals surface area contributed by atoms with Crippen molar-refractivity contribution in [1.82, 2.24) is 0 Å². The maximum atomic E-state index is 12.8. The molecular formula is C24H26Cl2F2O. The second kappa shape index (κ2) is 13.5. The van der Waals surface area contributed by atoms with Crippen LogP contribution < -0.4 is 0 Å². The minimum Gasteiger partial charge on any atom is -0.366 e. The van der Waals surface area contributed by atoms with Gasteiger partial charge in [0.25, 0.3) is 0 Å². The normalized spacial score (nSPS) is 14.6. The molecule has 29 heavy (non-hydrogen) atoms. The number of halogens is 4. The molecule has 0 aromatic heterocycles. The molecule has 0 aliphatic carbocycles. The van der Waals surface area contributed by atoms with Crippen LogP contribution in [0.4, 0.5) is 8.78 Å². The number of hydrogen-bond acceptors (Lipinski definition) is 1. The highest BCUT2D eigenvalue weighted by atomic mass is 35.5. The average molecular weight is 439 g/mol. The monoisotopic (exact) mass is 438 g/mol. The van der Waals surface area contributed by atoms with Crippen LogP contribution in [0.1, 0.15) is 61.9 Å². The molecule has 2 atom stereocenters. The summed E-state index contributed by atoms with van der Waals surface area (Å²) >= 11 is 10.6. The van der Waals surface area contributed by atoms with Crippen LogP contribution in [0.15, 0.2) is 83.4 Å². The van der Waals surface area contributed by atoms with Gasteiger partial charge in [0.1, 0.15) is 0 Å². The molecule has 0 heterocycles. The van der Waals surface area contributed by atoms with Crippen LogP contribution in [-0.2, 0) is 4.74 Å². The predicted octanol–water partition coefficient (Wildman–Crippen LogP) is 8.93. The molecule has 0 amide bonds. The summed E-state index contributed by atoms with van der Waals surface area (Å²) in [6.07, 6.45) is 6.59. The fourth-order valence-corrected chi connectivity index (χ4v) is 3.41. The summed E-state index contributed by atoms with van der Waals surface area (Å²) in [6.45, 7) is 0. The van der Waals surface area contributed by atoms with Crippen molar-refractivity contribution in [3.05, 3.63) is 94.5 Å². The van der Waals surface area contributed by atoms with Gasteiger partial charge in [0.05, 0.1) is 12.2 Å². The lowest BCUT2D eigenvalue weighted by molar-refractivity contribution is -0.0256. The van der Waals surface area contributed by atoms with Crippen LogP contribution in [0.25, 0.3) is 0 Å². The summed E-state index contributed by atoms with van der Waals surface area (Å²) in [5.41, 5.74) is 2.16. The van der Waals surface area contributed by atoms with Crippen LogP contribution in [0.3, 0.4) is 0 Å². The fraction of sp³-hybridized carbons (Fsp3) is 0.333. The lowest BCUT2D eigenvalue weighted by Crippen LogP contribution is -2.11. The van der Waals surface area contributed by atoms with Gasteiger partial charge in [-0.3, -0.25) is 0 Å². The molecule has 0 fully saturated rings. The number of hydrogen-bond donors (Lipinski definition) is 0. The Morgan fingerprint density at radius 1 is 0.724 bits per heavy atom. The largest absolute Gasteiger partial charge is 0.366 e. The van der Waals surface area contributed by atoms with Crippen molar-refractivity contribution in [2.75, 3.05) is 0 Å². The lowest BCUT2D eigenvalue weighted by atomic mass is 10.00. The van der Waals surface area contributed by atoms with E-state index in [2.05, 4.69) is 0 Å². The van der Waals surface area contributed by atoms with Crippen molar-refractivity contribution < 1.29 is 13.5 Å². The molecule has 0 spiro atoms. The standard InChI is InChI=1S/C24H26Cl2F2O/c25-23(27)17-9-7-15-21(19-11-3-1-4-12-19)29-22(16-8-10-18-24(26)28)20-13-5-2-6-14-20/h1-6,11-14,17-18,21-22H,7-10,15-16H2. The van der Waals surface area contributed by atoms with Crippen molar-refractivity contribution in [3.63, 3.8) is 0 Å². The van der Waals surface area contributed by atoms with Gasteiger partial charge in [-0.1, -0.05) is 83.9 Å². The topological polar surface area (TPSA) is 9.23 Å². The zero-order valence-electron chi connectivity index (χ0n) is 16.2. The molecule has 0 saturated carbocycles. The van der Waals surface area contributed by atoms with Crippen LogP contribution in [0, 0.1) is 0 Å². The van der Waals surface area contributed by atoms with E-state index in [1.54, 1.807) is 0 Å². The van der Waals surface area contributed by atoms with Gasteiger partial charge in [-0.15, -0.1) is 0 Å². The smallest absolute Gasteiger partial charge is 0.185 e. The van der Waals surface area contributed by atoms with Crippen LogP contribution >= 0.6 is 23.2 Å². The quantitative estimate of drug-likeness (QED) is 0.300. The third kappa shape index (κ3) is 9.58. The van der Waals surface area contributed by atoms with E-state index in [4.69, 9.17) is 27.9 Å². The molecule has 0 bridgehead atoms. The first-order valence-corrected chi connectivity index (χ1v) is 10.6. The Morgan fingerprint density at radius 2 is 1.10 bits per heavy atom. The molecule has 2 rings (SSSR count). The molecule has 0 radical (unpaired) electrons. The van der Waals surface area contributed by atoms with Crippen molar-refractivity contribution in [1.29, 1.82) is 0 Å². The first-order valence-electron chi connectivity index (χ1n) is 9.84. The van der Waals surface area contributed by atoms with Crippen LogP contribution in [-0.4, -0.2) is 0 Å². The van der Waals surface area contributed by atoms with E-state index in [0.717, 1.165) is 36.8 Å². The zero-order valence-corrected chi connectivity index (χ0v) is 17.8. The molecule has 0 aliphatic rings. The average Bonchev–Trinajstić information content (AvgIpc) is 2.73. The van der Waals surface area contributed by atoms with E-state index in [1.807, 2.05) is 60.7 Å². The predicted molar refractivity (Wildman–Crippen MR) is 117 cm³/mol. The highest BCUT2D eigenvalue weighted by Crippen LogP contribution is 2.33. The molecular weight excluding hydrogens is 413 g/mol. The SMILES string of the molecule is FC(Cl)=CCCCC(OC(CCCC=C(F)Cl)c1ccccc1)c1ccccc1. The van der Waals surface area contributed by atoms with Crippen molar-refractivity contribution in [2.45, 2.75) is 50.7 Å². The molecule has 0 aliphatic heterocycles. The fourth-order valence-electron chi connectivity index (χ4n) is 3.19. The number of ether oxygens (including phenoxy) is 1. The minimum absolute atomic E-state index is 0.131. The van der Waals surface area contributed by atoms with E-state index in [0.29, 0.717) is 12.8 Å². The molecule has 5 heteroatoms. The minimum atomic E-state index is -0.677. The van der Waals surface area contributed by atoms with Crippen LogP contribution in [0.2, 0.25) is 0 Å². The third-order valence-electron chi connectivity index (χ3n) is 4.61. The summed E-state index contributed by atoms with van der Waals surface area (Å²) in [5.74, 6) is 0. The van der Waals surface area contributed by atoms with Gasteiger partial charge in [-0.2, -0.15) is 8.78 Å². The van der Waals surface area contributed by atoms with Crippen molar-refractivity contribution in [3.8, 4) is 0 Å². The Morgan fingerprint density at radius 3 is 1.45 bits per heavy atom. The number of rotatable bonds is 12. The van der Waals surface area contributed by atoms with Crippen molar-refractivity contribution >= 4 is 23.2 Å². The summed E-state index contributed by atoms with van der Waals surface area (Å²) < 4.78 is 32.1. The highest BCUT2D eigenvalue weighted by molar-refractivity contribution is 6.28. The van der Waals surface area contributed by atoms with Gasteiger partial charge in [0.2, 0.25) is 0 Å². The van der Waals surface area contributed by atoms with Gasteiger partial charge in [-0.25, -0.2) is 0 Å². The van der Waals surface area contributed by atoms with E-state index in [-0.39, 0.29) is 12.2 Å². The van der Waals surface area contributed by atoms with Crippen molar-refractivity contribution in [2.24, 2.45) is 0 Å². The van der Waals surface area contributed by atoms with Crippen LogP contribution in [0.5, 0.6) is 0 Å². The number of allylic oxidation sites excluding steroid dienone is 2. The van der Waals surface area contributed by atoms with Gasteiger partial charge >= 0.3 is 0 Å². The first kappa shape index (κ1) is 23.6. The molecule has 1 nitrogen and oxygen atoms in total. The molecule has 0 saturated heterocycles. The zero-order chi connectivity index (χ0) is 20.9. The van der Waals surface area contributed by atoms with Gasteiger partial charge in [0, 0.05) is 0 Å². The highest BCUT2D eigenvalue weighted by Gasteiger charge is 2.19. The molecule has 156 valence electrons. The lowest BCUT2D eigenvalue weighted by Gasteiger charge is -2.26. The van der Waals surface area contributed by atoms with Gasteiger partial charge in [-0.05, 0) is 61.8 Å². The number of unbranched alkanes of at least 4 members (excludes halogenated alkanes) is 2. The summed E-state index contributed by atoms with van der Waals surface area (Å²) in [6, 6.07) is 20.0. The molecule has 0 N–H and O–H groups in total. The molecule has 2 aromatic carbocycles. The first-order chi connectivity index (χ1) is 14.1. The third-order valence-corrected chi connectivity index (χ3v) is 4.92. The second-order valence-electron chi connectivity index (χ2n) is 6.78. The Labute approximate surface area is 182 Å². The Bertz CT molecular complexity index is 689. The van der Waals surface area contributed by atoms with E-state index >= 15 is 0 Å². The number of benzene rings is 2. The van der Waals surface area contributed by atoms with E-state index in [1.165, 1.54) is 12.2 Å². The Hall–Kier alpha value is -1.68. The summed E-state index contributed by atoms with van der Waals surface area (Å²) in [7, 11) is 0. The summed E-state index contributed by atoms with van der Waals surface area (Å²) in [5, 5.41) is -1.35. The van der Waals surface area contributed by atoms with Gasteiger partial charge in [0.15, 0.2) is 10.6 Å². The maximum Gasteiger partial charge on any atom is 0.185 e.